The minimum absolute atomic E-state index is 0.147. The number of piperazine rings is 1. The molecule has 1 amide bonds. The molecule has 1 saturated heterocycles. The van der Waals surface area contributed by atoms with Crippen LogP contribution >= 0.6 is 0 Å². The number of nitrogens with zero attached hydrogens (tertiary/aromatic N) is 4. The molecule has 2 heterocycles. The summed E-state index contributed by atoms with van der Waals surface area (Å²) in [6, 6.07) is 0.704. The highest BCUT2D eigenvalue weighted by Crippen LogP contribution is 2.55. The molecule has 1 aliphatic heterocycles. The predicted octanol–water partition coefficient (Wildman–Crippen LogP) is 3.48. The van der Waals surface area contributed by atoms with Crippen LogP contribution in [0.5, 0.6) is 0 Å². The summed E-state index contributed by atoms with van der Waals surface area (Å²) in [5.74, 6) is 3.50. The van der Waals surface area contributed by atoms with Gasteiger partial charge in [-0.05, 0) is 69.6 Å². The Morgan fingerprint density at radius 1 is 0.964 bits per heavy atom. The number of alkyl halides is 2. The number of aromatic nitrogens is 2. The van der Waals surface area contributed by atoms with Crippen LogP contribution in [0.2, 0.25) is 0 Å². The number of hydrogen-bond acceptors (Lipinski definition) is 3. The van der Waals surface area contributed by atoms with Gasteiger partial charge in [0.1, 0.15) is 0 Å². The molecule has 4 saturated carbocycles. The molecule has 5 nitrogen and oxygen atoms in total. The first-order valence-electron chi connectivity index (χ1n) is 10.8. The van der Waals surface area contributed by atoms with Crippen molar-refractivity contribution >= 4 is 5.91 Å². The Morgan fingerprint density at radius 3 is 2.04 bits per heavy atom. The second kappa shape index (κ2) is 6.78. The minimum atomic E-state index is -2.71. The average molecular weight is 392 g/mol. The summed E-state index contributed by atoms with van der Waals surface area (Å²) in [4.78, 5) is 17.5. The van der Waals surface area contributed by atoms with Gasteiger partial charge in [0.15, 0.2) is 0 Å². The molecule has 1 aromatic rings. The van der Waals surface area contributed by atoms with E-state index in [0.29, 0.717) is 35.1 Å². The molecule has 0 spiro atoms. The summed E-state index contributed by atoms with van der Waals surface area (Å²) >= 11 is 0. The molecule has 7 heteroatoms. The van der Waals surface area contributed by atoms with Crippen LogP contribution in [0.1, 0.15) is 60.4 Å². The second-order valence-corrected chi connectivity index (χ2v) is 9.52. The molecule has 0 radical (unpaired) electrons. The van der Waals surface area contributed by atoms with Crippen LogP contribution in [0, 0.1) is 37.5 Å². The van der Waals surface area contributed by atoms with Crippen LogP contribution in [0.25, 0.3) is 0 Å². The first-order valence-corrected chi connectivity index (χ1v) is 10.8. The van der Waals surface area contributed by atoms with E-state index in [1.54, 1.807) is 13.8 Å². The van der Waals surface area contributed by atoms with Crippen molar-refractivity contribution in [2.24, 2.45) is 23.7 Å². The standard InChI is InChI=1S/C21H30F2N4O/c1-12-18(13(2)27(24-12)21(22)23)20(28)26-5-3-25(4-6-26)19-16-8-14-7-15(10-16)11-17(19)9-14/h14-17,19,21H,3-11H2,1-2H3. The third-order valence-electron chi connectivity index (χ3n) is 7.92. The lowest BCUT2D eigenvalue weighted by atomic mass is 9.54. The van der Waals surface area contributed by atoms with Crippen molar-refractivity contribution in [3.8, 4) is 0 Å². The molecule has 28 heavy (non-hydrogen) atoms. The van der Waals surface area contributed by atoms with Crippen molar-refractivity contribution in [2.75, 3.05) is 26.2 Å². The summed E-state index contributed by atoms with van der Waals surface area (Å²) in [7, 11) is 0. The topological polar surface area (TPSA) is 41.4 Å². The molecule has 4 bridgehead atoms. The molecule has 6 rings (SSSR count). The number of halogens is 2. The van der Waals surface area contributed by atoms with Crippen molar-refractivity contribution in [3.63, 3.8) is 0 Å². The Balaban J connectivity index is 1.26. The number of amides is 1. The molecule has 0 N–H and O–H groups in total. The van der Waals surface area contributed by atoms with Gasteiger partial charge in [-0.2, -0.15) is 13.9 Å². The SMILES string of the molecule is Cc1nn(C(F)F)c(C)c1C(=O)N1CCN(C2C3CC4CC(C3)CC2C4)CC1. The van der Waals surface area contributed by atoms with Crippen molar-refractivity contribution < 1.29 is 13.6 Å². The van der Waals surface area contributed by atoms with Gasteiger partial charge in [0.2, 0.25) is 0 Å². The fraction of sp³-hybridized carbons (Fsp3) is 0.810. The van der Waals surface area contributed by atoms with Crippen LogP contribution in [-0.4, -0.2) is 57.7 Å². The first kappa shape index (κ1) is 18.5. The lowest BCUT2D eigenvalue weighted by Crippen LogP contribution is -2.60. The van der Waals surface area contributed by atoms with Crippen LogP contribution in [0.15, 0.2) is 0 Å². The highest BCUT2D eigenvalue weighted by Gasteiger charge is 2.50. The number of hydrogen-bond donors (Lipinski definition) is 0. The van der Waals surface area contributed by atoms with Crippen LogP contribution in [0.3, 0.4) is 0 Å². The second-order valence-electron chi connectivity index (χ2n) is 9.52. The molecule has 4 aliphatic carbocycles. The van der Waals surface area contributed by atoms with Crippen LogP contribution in [0.4, 0.5) is 8.78 Å². The third kappa shape index (κ3) is 2.88. The minimum Gasteiger partial charge on any atom is -0.336 e. The normalized spacial score (nSPS) is 35.2. The Hall–Kier alpha value is -1.50. The number of carbonyl (C=O) groups excluding carboxylic acids is 1. The van der Waals surface area contributed by atoms with E-state index in [2.05, 4.69) is 10.00 Å². The summed E-state index contributed by atoms with van der Waals surface area (Å²) in [6.45, 7) is 3.66. The maximum absolute atomic E-state index is 13.1. The number of carbonyl (C=O) groups is 1. The van der Waals surface area contributed by atoms with E-state index in [4.69, 9.17) is 0 Å². The Morgan fingerprint density at radius 2 is 1.54 bits per heavy atom. The largest absolute Gasteiger partial charge is 0.336 e. The maximum Gasteiger partial charge on any atom is 0.333 e. The summed E-state index contributed by atoms with van der Waals surface area (Å²) < 4.78 is 26.9. The van der Waals surface area contributed by atoms with Gasteiger partial charge in [-0.3, -0.25) is 9.69 Å². The fourth-order valence-corrected chi connectivity index (χ4v) is 7.04. The van der Waals surface area contributed by atoms with Gasteiger partial charge in [-0.1, -0.05) is 0 Å². The quantitative estimate of drug-likeness (QED) is 0.791. The summed E-state index contributed by atoms with van der Waals surface area (Å²) in [6.07, 6.45) is 7.08. The van der Waals surface area contributed by atoms with Crippen molar-refractivity contribution in [2.45, 2.75) is 58.5 Å². The van der Waals surface area contributed by atoms with E-state index < -0.39 is 6.55 Å². The van der Waals surface area contributed by atoms with E-state index in [-0.39, 0.29) is 11.6 Å². The van der Waals surface area contributed by atoms with Crippen LogP contribution in [-0.2, 0) is 0 Å². The number of rotatable bonds is 3. The third-order valence-corrected chi connectivity index (χ3v) is 7.92. The van der Waals surface area contributed by atoms with E-state index in [1.165, 1.54) is 32.1 Å². The zero-order chi connectivity index (χ0) is 19.6. The fourth-order valence-electron chi connectivity index (χ4n) is 7.04. The van der Waals surface area contributed by atoms with Crippen LogP contribution < -0.4 is 0 Å². The smallest absolute Gasteiger partial charge is 0.333 e. The molecule has 0 unspecified atom stereocenters. The molecule has 5 fully saturated rings. The molecular formula is C21H30F2N4O. The molecular weight excluding hydrogens is 362 g/mol. The van der Waals surface area contributed by atoms with Gasteiger partial charge in [0.05, 0.1) is 17.0 Å². The Bertz CT molecular complexity index is 741. The lowest BCUT2D eigenvalue weighted by molar-refractivity contribution is -0.0743. The van der Waals surface area contributed by atoms with Crippen molar-refractivity contribution in [1.29, 1.82) is 0 Å². The molecule has 0 atom stereocenters. The van der Waals surface area contributed by atoms with Gasteiger partial charge in [0.25, 0.3) is 5.91 Å². The van der Waals surface area contributed by atoms with Gasteiger partial charge in [-0.25, -0.2) is 4.68 Å². The monoisotopic (exact) mass is 392 g/mol. The first-order chi connectivity index (χ1) is 13.4. The highest BCUT2D eigenvalue weighted by atomic mass is 19.3. The molecule has 0 aromatic carbocycles. The molecule has 1 aromatic heterocycles. The van der Waals surface area contributed by atoms with Gasteiger partial charge < -0.3 is 4.90 Å². The maximum atomic E-state index is 13.1. The Labute approximate surface area is 165 Å². The zero-order valence-electron chi connectivity index (χ0n) is 16.8. The van der Waals surface area contributed by atoms with E-state index >= 15 is 0 Å². The van der Waals surface area contributed by atoms with E-state index in [1.807, 2.05) is 4.90 Å². The van der Waals surface area contributed by atoms with Crippen molar-refractivity contribution in [3.05, 3.63) is 17.0 Å². The van der Waals surface area contributed by atoms with Gasteiger partial charge in [0, 0.05) is 32.2 Å². The zero-order valence-corrected chi connectivity index (χ0v) is 16.8. The highest BCUT2D eigenvalue weighted by molar-refractivity contribution is 5.96. The predicted molar refractivity (Wildman–Crippen MR) is 101 cm³/mol. The summed E-state index contributed by atoms with van der Waals surface area (Å²) in [5.41, 5.74) is 1.01. The average Bonchev–Trinajstić information content (AvgIpc) is 2.95. The van der Waals surface area contributed by atoms with Crippen molar-refractivity contribution in [1.82, 2.24) is 19.6 Å². The molecule has 154 valence electrons. The molecule has 5 aliphatic rings. The van der Waals surface area contributed by atoms with E-state index in [0.717, 1.165) is 36.8 Å². The number of aryl methyl sites for hydroxylation is 1. The Kier molecular flexibility index (Phi) is 4.49. The van der Waals surface area contributed by atoms with Gasteiger partial charge >= 0.3 is 6.55 Å². The summed E-state index contributed by atoms with van der Waals surface area (Å²) in [5, 5.41) is 3.87. The van der Waals surface area contributed by atoms with Gasteiger partial charge in [-0.15, -0.1) is 0 Å². The lowest BCUT2D eigenvalue weighted by Gasteiger charge is -2.58. The van der Waals surface area contributed by atoms with E-state index in [9.17, 15) is 13.6 Å².